The van der Waals surface area contributed by atoms with E-state index < -0.39 is 0 Å². The molecule has 0 fully saturated rings. The number of hydrogen-bond acceptors (Lipinski definition) is 2. The lowest BCUT2D eigenvalue weighted by Gasteiger charge is -2.10. The average molecular weight is 267 g/mol. The van der Waals surface area contributed by atoms with Gasteiger partial charge in [-0.2, -0.15) is 0 Å². The zero-order chi connectivity index (χ0) is 12.1. The molecule has 0 aliphatic carbocycles. The van der Waals surface area contributed by atoms with Gasteiger partial charge in [0, 0.05) is 24.2 Å². The minimum absolute atomic E-state index is 0.542. The summed E-state index contributed by atoms with van der Waals surface area (Å²) < 4.78 is 0. The van der Waals surface area contributed by atoms with E-state index in [-0.39, 0.29) is 0 Å². The molecule has 0 atom stereocenters. The number of aromatic nitrogens is 1. The van der Waals surface area contributed by atoms with Gasteiger partial charge >= 0.3 is 0 Å². The molecule has 0 amide bonds. The van der Waals surface area contributed by atoms with Crippen molar-refractivity contribution in [3.8, 4) is 11.3 Å². The molecule has 2 nitrogen and oxygen atoms in total. The van der Waals surface area contributed by atoms with Crippen molar-refractivity contribution in [2.24, 2.45) is 0 Å². The van der Waals surface area contributed by atoms with Crippen LogP contribution in [0.15, 0.2) is 42.6 Å². The minimum atomic E-state index is 0.542. The molecule has 2 aromatic rings. The number of rotatable bonds is 4. The molecule has 1 N–H and O–H groups in total. The van der Waals surface area contributed by atoms with Crippen LogP contribution in [0.2, 0.25) is 5.02 Å². The van der Waals surface area contributed by atoms with Gasteiger partial charge in [-0.05, 0) is 6.07 Å². The highest BCUT2D eigenvalue weighted by Crippen LogP contribution is 2.27. The van der Waals surface area contributed by atoms with Gasteiger partial charge in [-0.1, -0.05) is 41.9 Å². The Bertz CT molecular complexity index is 486. The van der Waals surface area contributed by atoms with Crippen molar-refractivity contribution in [3.05, 3.63) is 47.6 Å². The standard InChI is InChI=1S/C13H12Cl2N2/c14-6-7-16-12-8-11(15)9-17-13(12)10-4-2-1-3-5-10/h1-5,8-9,16H,6-7H2. The van der Waals surface area contributed by atoms with Gasteiger partial charge in [-0.3, -0.25) is 4.98 Å². The number of halogens is 2. The Kier molecular flexibility index (Phi) is 4.24. The fourth-order valence-electron chi connectivity index (χ4n) is 1.58. The maximum absolute atomic E-state index is 5.95. The highest BCUT2D eigenvalue weighted by molar-refractivity contribution is 6.30. The lowest BCUT2D eigenvalue weighted by Crippen LogP contribution is -2.04. The lowest BCUT2D eigenvalue weighted by atomic mass is 10.1. The molecule has 4 heteroatoms. The van der Waals surface area contributed by atoms with Crippen molar-refractivity contribution >= 4 is 28.9 Å². The molecular formula is C13H12Cl2N2. The topological polar surface area (TPSA) is 24.9 Å². The van der Waals surface area contributed by atoms with E-state index in [9.17, 15) is 0 Å². The van der Waals surface area contributed by atoms with Gasteiger partial charge < -0.3 is 5.32 Å². The molecule has 1 aromatic heterocycles. The van der Waals surface area contributed by atoms with Crippen LogP contribution >= 0.6 is 23.2 Å². The van der Waals surface area contributed by atoms with Crippen molar-refractivity contribution in [1.29, 1.82) is 0 Å². The molecule has 0 bridgehead atoms. The van der Waals surface area contributed by atoms with Crippen LogP contribution in [-0.2, 0) is 0 Å². The van der Waals surface area contributed by atoms with Crippen LogP contribution in [-0.4, -0.2) is 17.4 Å². The lowest BCUT2D eigenvalue weighted by molar-refractivity contribution is 1.20. The first-order chi connectivity index (χ1) is 8.31. The molecule has 17 heavy (non-hydrogen) atoms. The number of nitrogens with one attached hydrogen (secondary N) is 1. The third-order valence-corrected chi connectivity index (χ3v) is 2.71. The number of pyridine rings is 1. The maximum atomic E-state index is 5.95. The van der Waals surface area contributed by atoms with E-state index in [0.717, 1.165) is 16.9 Å². The summed E-state index contributed by atoms with van der Waals surface area (Å²) in [7, 11) is 0. The zero-order valence-corrected chi connectivity index (χ0v) is 10.7. The van der Waals surface area contributed by atoms with E-state index in [4.69, 9.17) is 23.2 Å². The molecule has 1 aromatic carbocycles. The molecule has 1 heterocycles. The molecule has 0 saturated carbocycles. The van der Waals surface area contributed by atoms with Crippen LogP contribution in [0.1, 0.15) is 0 Å². The van der Waals surface area contributed by atoms with E-state index in [2.05, 4.69) is 10.3 Å². The molecule has 0 radical (unpaired) electrons. The number of benzene rings is 1. The highest BCUT2D eigenvalue weighted by Gasteiger charge is 2.06. The number of nitrogens with zero attached hydrogens (tertiary/aromatic N) is 1. The minimum Gasteiger partial charge on any atom is -0.382 e. The van der Waals surface area contributed by atoms with E-state index in [1.165, 1.54) is 0 Å². The van der Waals surface area contributed by atoms with Gasteiger partial charge in [-0.15, -0.1) is 11.6 Å². The summed E-state index contributed by atoms with van der Waals surface area (Å²) in [6.45, 7) is 0.684. The summed E-state index contributed by atoms with van der Waals surface area (Å²) in [5.41, 5.74) is 2.85. The third-order valence-electron chi connectivity index (χ3n) is 2.31. The first-order valence-corrected chi connectivity index (χ1v) is 6.23. The van der Waals surface area contributed by atoms with Gasteiger partial charge in [0.2, 0.25) is 0 Å². The fraction of sp³-hybridized carbons (Fsp3) is 0.154. The highest BCUT2D eigenvalue weighted by atomic mass is 35.5. The summed E-state index contributed by atoms with van der Waals surface area (Å²) >= 11 is 11.6. The van der Waals surface area contributed by atoms with Crippen LogP contribution in [0.3, 0.4) is 0 Å². The number of anilines is 1. The van der Waals surface area contributed by atoms with Crippen molar-refractivity contribution < 1.29 is 0 Å². The van der Waals surface area contributed by atoms with E-state index in [0.29, 0.717) is 17.4 Å². The van der Waals surface area contributed by atoms with Crippen molar-refractivity contribution in [1.82, 2.24) is 4.98 Å². The summed E-state index contributed by atoms with van der Waals surface area (Å²) in [6, 6.07) is 11.8. The van der Waals surface area contributed by atoms with Crippen LogP contribution in [0.25, 0.3) is 11.3 Å². The summed E-state index contributed by atoms with van der Waals surface area (Å²) in [5, 5.41) is 3.84. The first-order valence-electron chi connectivity index (χ1n) is 5.32. The largest absolute Gasteiger partial charge is 0.382 e. The molecular weight excluding hydrogens is 255 g/mol. The van der Waals surface area contributed by atoms with Gasteiger partial charge in [0.05, 0.1) is 16.4 Å². The molecule has 0 spiro atoms. The van der Waals surface area contributed by atoms with Crippen molar-refractivity contribution in [2.75, 3.05) is 17.7 Å². The predicted octanol–water partition coefficient (Wildman–Crippen LogP) is 4.05. The first kappa shape index (κ1) is 12.2. The summed E-state index contributed by atoms with van der Waals surface area (Å²) in [5.74, 6) is 0.542. The van der Waals surface area contributed by atoms with Crippen LogP contribution in [0, 0.1) is 0 Å². The Balaban J connectivity index is 2.39. The van der Waals surface area contributed by atoms with E-state index >= 15 is 0 Å². The van der Waals surface area contributed by atoms with Crippen molar-refractivity contribution in [3.63, 3.8) is 0 Å². The summed E-state index contributed by atoms with van der Waals surface area (Å²) in [6.07, 6.45) is 1.65. The zero-order valence-electron chi connectivity index (χ0n) is 9.16. The number of hydrogen-bond donors (Lipinski definition) is 1. The summed E-state index contributed by atoms with van der Waals surface area (Å²) in [4.78, 5) is 4.36. The van der Waals surface area contributed by atoms with E-state index in [1.54, 1.807) is 6.20 Å². The Morgan fingerprint density at radius 1 is 1.18 bits per heavy atom. The Labute approximate surface area is 111 Å². The van der Waals surface area contributed by atoms with Crippen LogP contribution < -0.4 is 5.32 Å². The Morgan fingerprint density at radius 3 is 2.65 bits per heavy atom. The van der Waals surface area contributed by atoms with Crippen LogP contribution in [0.4, 0.5) is 5.69 Å². The monoisotopic (exact) mass is 266 g/mol. The van der Waals surface area contributed by atoms with Crippen LogP contribution in [0.5, 0.6) is 0 Å². The average Bonchev–Trinajstić information content (AvgIpc) is 2.37. The van der Waals surface area contributed by atoms with Gasteiger partial charge in [-0.25, -0.2) is 0 Å². The second-order valence-corrected chi connectivity index (χ2v) is 4.35. The number of alkyl halides is 1. The SMILES string of the molecule is ClCCNc1cc(Cl)cnc1-c1ccccc1. The fourth-order valence-corrected chi connectivity index (χ4v) is 1.83. The van der Waals surface area contributed by atoms with E-state index in [1.807, 2.05) is 36.4 Å². The quantitative estimate of drug-likeness (QED) is 0.845. The molecule has 0 aliphatic heterocycles. The Hall–Kier alpha value is -1.25. The van der Waals surface area contributed by atoms with Gasteiger partial charge in [0.25, 0.3) is 0 Å². The molecule has 0 saturated heterocycles. The van der Waals surface area contributed by atoms with Gasteiger partial charge in [0.15, 0.2) is 0 Å². The second kappa shape index (κ2) is 5.89. The molecule has 2 rings (SSSR count). The van der Waals surface area contributed by atoms with Crippen molar-refractivity contribution in [2.45, 2.75) is 0 Å². The smallest absolute Gasteiger partial charge is 0.0934 e. The molecule has 88 valence electrons. The molecule has 0 aliphatic rings. The Morgan fingerprint density at radius 2 is 1.94 bits per heavy atom. The second-order valence-electron chi connectivity index (χ2n) is 3.53. The third kappa shape index (κ3) is 3.11. The normalized spacial score (nSPS) is 10.2. The van der Waals surface area contributed by atoms with Gasteiger partial charge in [0.1, 0.15) is 0 Å². The predicted molar refractivity (Wildman–Crippen MR) is 73.9 cm³/mol. The maximum Gasteiger partial charge on any atom is 0.0934 e. The molecule has 0 unspecified atom stereocenters.